The van der Waals surface area contributed by atoms with Gasteiger partial charge in [0, 0.05) is 5.56 Å². The lowest BCUT2D eigenvalue weighted by Gasteiger charge is -2.19. The van der Waals surface area contributed by atoms with Crippen molar-refractivity contribution in [2.75, 3.05) is 0 Å². The summed E-state index contributed by atoms with van der Waals surface area (Å²) in [6.07, 6.45) is 0. The Kier molecular flexibility index (Phi) is 5.40. The summed E-state index contributed by atoms with van der Waals surface area (Å²) in [5.41, 5.74) is 4.27. The van der Waals surface area contributed by atoms with Crippen molar-refractivity contribution < 1.29 is 9.32 Å². The molecule has 0 saturated carbocycles. The normalized spacial score (nSPS) is 12.7. The van der Waals surface area contributed by atoms with Crippen LogP contribution in [0, 0.1) is 6.92 Å². The van der Waals surface area contributed by atoms with Gasteiger partial charge in [0.1, 0.15) is 5.56 Å². The molecule has 4 heteroatoms. The van der Waals surface area contributed by atoms with E-state index in [1.807, 2.05) is 37.3 Å². The minimum atomic E-state index is -0.186. The van der Waals surface area contributed by atoms with Crippen molar-refractivity contribution in [3.05, 3.63) is 89.1 Å². The smallest absolute Gasteiger partial charge is 0.257 e. The number of nitrogens with one attached hydrogen (secondary N) is 1. The average Bonchev–Trinajstić information content (AvgIpc) is 3.14. The molecule has 3 aromatic carbocycles. The summed E-state index contributed by atoms with van der Waals surface area (Å²) in [5.74, 6) is 0.315. The number of carbonyl (C=O) groups is 1. The van der Waals surface area contributed by atoms with Crippen molar-refractivity contribution in [1.29, 1.82) is 0 Å². The summed E-state index contributed by atoms with van der Waals surface area (Å²) in [6.45, 7) is 10.3. The first-order valence-corrected chi connectivity index (χ1v) is 10.6. The Morgan fingerprint density at radius 3 is 2.35 bits per heavy atom. The van der Waals surface area contributed by atoms with Gasteiger partial charge in [-0.05, 0) is 41.2 Å². The van der Waals surface area contributed by atoms with E-state index in [0.29, 0.717) is 17.0 Å². The van der Waals surface area contributed by atoms with Crippen LogP contribution in [0.1, 0.15) is 60.9 Å². The molecule has 1 amide bonds. The summed E-state index contributed by atoms with van der Waals surface area (Å²) in [6, 6.07) is 22.3. The SMILES string of the molecule is Cc1noc(-c2ccc(C(C)(C)C)cc2)c1C(=O)N[C@@H](C)c1cccc2ccccc12. The minimum Gasteiger partial charge on any atom is -0.355 e. The third-order valence-electron chi connectivity index (χ3n) is 5.74. The molecule has 0 unspecified atom stereocenters. The van der Waals surface area contributed by atoms with E-state index in [4.69, 9.17) is 4.52 Å². The molecule has 4 rings (SSSR count). The second-order valence-electron chi connectivity index (χ2n) is 9.06. The fourth-order valence-electron chi connectivity index (χ4n) is 3.93. The van der Waals surface area contributed by atoms with E-state index in [2.05, 4.69) is 67.6 Å². The standard InChI is InChI=1S/C27H28N2O2/c1-17(22-12-8-10-19-9-6-7-11-23(19)22)28-26(30)24-18(2)29-31-25(24)20-13-15-21(16-14-20)27(3,4)5/h6-17H,1-5H3,(H,28,30)/t17-/m0/s1. The van der Waals surface area contributed by atoms with Gasteiger partial charge in [-0.2, -0.15) is 0 Å². The third-order valence-corrected chi connectivity index (χ3v) is 5.74. The van der Waals surface area contributed by atoms with Crippen LogP contribution < -0.4 is 5.32 Å². The van der Waals surface area contributed by atoms with Gasteiger partial charge in [-0.25, -0.2) is 0 Å². The minimum absolute atomic E-state index is 0.0595. The maximum absolute atomic E-state index is 13.3. The van der Waals surface area contributed by atoms with Crippen molar-refractivity contribution in [2.45, 2.75) is 46.1 Å². The highest BCUT2D eigenvalue weighted by molar-refractivity contribution is 6.01. The topological polar surface area (TPSA) is 55.1 Å². The second-order valence-corrected chi connectivity index (χ2v) is 9.06. The molecule has 1 atom stereocenters. The molecular formula is C27H28N2O2. The predicted molar refractivity (Wildman–Crippen MR) is 125 cm³/mol. The number of hydrogen-bond acceptors (Lipinski definition) is 3. The Labute approximate surface area is 183 Å². The van der Waals surface area contributed by atoms with Crippen molar-refractivity contribution >= 4 is 16.7 Å². The number of benzene rings is 3. The van der Waals surface area contributed by atoms with Crippen LogP contribution in [0.2, 0.25) is 0 Å². The molecule has 0 saturated heterocycles. The number of rotatable bonds is 4. The molecule has 4 nitrogen and oxygen atoms in total. The van der Waals surface area contributed by atoms with Crippen LogP contribution in [0.25, 0.3) is 22.1 Å². The molecule has 0 radical (unpaired) electrons. The zero-order chi connectivity index (χ0) is 22.2. The molecule has 0 fully saturated rings. The van der Waals surface area contributed by atoms with E-state index >= 15 is 0 Å². The zero-order valence-electron chi connectivity index (χ0n) is 18.7. The van der Waals surface area contributed by atoms with E-state index in [1.165, 1.54) is 5.56 Å². The predicted octanol–water partition coefficient (Wildman–Crippen LogP) is 6.59. The van der Waals surface area contributed by atoms with Crippen LogP contribution in [0.15, 0.2) is 71.3 Å². The molecule has 158 valence electrons. The van der Waals surface area contributed by atoms with E-state index in [1.54, 1.807) is 6.92 Å². The summed E-state index contributed by atoms with van der Waals surface area (Å²) in [7, 11) is 0. The Morgan fingerprint density at radius 2 is 1.65 bits per heavy atom. The van der Waals surface area contributed by atoms with E-state index < -0.39 is 0 Å². The largest absolute Gasteiger partial charge is 0.355 e. The zero-order valence-corrected chi connectivity index (χ0v) is 18.7. The molecular weight excluding hydrogens is 384 g/mol. The third kappa shape index (κ3) is 4.11. The van der Waals surface area contributed by atoms with E-state index in [9.17, 15) is 4.79 Å². The van der Waals surface area contributed by atoms with E-state index in [0.717, 1.165) is 21.9 Å². The highest BCUT2D eigenvalue weighted by Crippen LogP contribution is 2.30. The quantitative estimate of drug-likeness (QED) is 0.411. The fourth-order valence-corrected chi connectivity index (χ4v) is 3.93. The average molecular weight is 413 g/mol. The van der Waals surface area contributed by atoms with Gasteiger partial charge in [-0.15, -0.1) is 0 Å². The molecule has 1 heterocycles. The molecule has 0 bridgehead atoms. The Balaban J connectivity index is 1.63. The molecule has 0 spiro atoms. The Morgan fingerprint density at radius 1 is 0.968 bits per heavy atom. The van der Waals surface area contributed by atoms with Crippen LogP contribution in [0.3, 0.4) is 0 Å². The maximum atomic E-state index is 13.3. The number of amides is 1. The number of hydrogen-bond donors (Lipinski definition) is 1. The van der Waals surface area contributed by atoms with Gasteiger partial charge in [-0.3, -0.25) is 4.79 Å². The van der Waals surface area contributed by atoms with E-state index in [-0.39, 0.29) is 17.4 Å². The first-order valence-electron chi connectivity index (χ1n) is 10.6. The number of aromatic nitrogens is 1. The highest BCUT2D eigenvalue weighted by Gasteiger charge is 2.24. The van der Waals surface area contributed by atoms with Crippen molar-refractivity contribution in [1.82, 2.24) is 10.5 Å². The molecule has 1 aromatic heterocycles. The van der Waals surface area contributed by atoms with Gasteiger partial charge >= 0.3 is 0 Å². The molecule has 1 N–H and O–H groups in total. The molecule has 4 aromatic rings. The lowest BCUT2D eigenvalue weighted by Crippen LogP contribution is -2.27. The molecule has 0 aliphatic heterocycles. The Hall–Kier alpha value is -3.40. The summed E-state index contributed by atoms with van der Waals surface area (Å²) in [4.78, 5) is 13.3. The van der Waals surface area contributed by atoms with Crippen LogP contribution in [0.4, 0.5) is 0 Å². The van der Waals surface area contributed by atoms with Gasteiger partial charge in [-0.1, -0.05) is 92.7 Å². The molecule has 0 aliphatic rings. The van der Waals surface area contributed by atoms with Crippen LogP contribution in [-0.2, 0) is 5.41 Å². The number of aryl methyl sites for hydroxylation is 1. The number of fused-ring (bicyclic) bond motifs is 1. The van der Waals surface area contributed by atoms with Crippen molar-refractivity contribution in [2.24, 2.45) is 0 Å². The lowest BCUT2D eigenvalue weighted by molar-refractivity contribution is 0.0940. The first kappa shape index (κ1) is 20.9. The van der Waals surface area contributed by atoms with Gasteiger partial charge in [0.05, 0.1) is 11.7 Å². The number of carbonyl (C=O) groups excluding carboxylic acids is 1. The first-order chi connectivity index (χ1) is 14.8. The van der Waals surface area contributed by atoms with Gasteiger partial charge < -0.3 is 9.84 Å². The van der Waals surface area contributed by atoms with Crippen LogP contribution in [0.5, 0.6) is 0 Å². The fraction of sp³-hybridized carbons (Fsp3) is 0.259. The van der Waals surface area contributed by atoms with Crippen molar-refractivity contribution in [3.63, 3.8) is 0 Å². The summed E-state index contributed by atoms with van der Waals surface area (Å²) in [5, 5.41) is 9.51. The number of nitrogens with zero attached hydrogens (tertiary/aromatic N) is 1. The maximum Gasteiger partial charge on any atom is 0.257 e. The van der Waals surface area contributed by atoms with Gasteiger partial charge in [0.2, 0.25) is 0 Å². The van der Waals surface area contributed by atoms with Crippen LogP contribution in [-0.4, -0.2) is 11.1 Å². The second kappa shape index (κ2) is 8.03. The highest BCUT2D eigenvalue weighted by atomic mass is 16.5. The summed E-state index contributed by atoms with van der Waals surface area (Å²) >= 11 is 0. The monoisotopic (exact) mass is 412 g/mol. The molecule has 31 heavy (non-hydrogen) atoms. The van der Waals surface area contributed by atoms with Gasteiger partial charge in [0.15, 0.2) is 5.76 Å². The molecule has 0 aliphatic carbocycles. The summed E-state index contributed by atoms with van der Waals surface area (Å²) < 4.78 is 5.57. The lowest BCUT2D eigenvalue weighted by atomic mass is 9.86. The van der Waals surface area contributed by atoms with Gasteiger partial charge in [0.25, 0.3) is 5.91 Å². The van der Waals surface area contributed by atoms with Crippen molar-refractivity contribution in [3.8, 4) is 11.3 Å². The van der Waals surface area contributed by atoms with Crippen LogP contribution >= 0.6 is 0 Å². The Bertz CT molecular complexity index is 1230.